The van der Waals surface area contributed by atoms with Crippen molar-refractivity contribution in [1.82, 2.24) is 10.2 Å². The molecule has 2 atom stereocenters. The molecule has 0 aromatic heterocycles. The summed E-state index contributed by atoms with van der Waals surface area (Å²) < 4.78 is 5.26. The van der Waals surface area contributed by atoms with Crippen LogP contribution in [0.5, 0.6) is 5.75 Å². The van der Waals surface area contributed by atoms with Gasteiger partial charge in [-0.3, -0.25) is 4.79 Å². The predicted octanol–water partition coefficient (Wildman–Crippen LogP) is 1.84. The number of nitrogens with zero attached hydrogens (tertiary/aromatic N) is 1. The van der Waals surface area contributed by atoms with Crippen LogP contribution < -0.4 is 10.1 Å². The minimum Gasteiger partial charge on any atom is -0.497 e. The number of nitrogens with one attached hydrogen (secondary N) is 1. The van der Waals surface area contributed by atoms with E-state index in [1.807, 2.05) is 18.2 Å². The zero-order chi connectivity index (χ0) is 14.4. The van der Waals surface area contributed by atoms with Gasteiger partial charge in [0.25, 0.3) is 0 Å². The lowest BCUT2D eigenvalue weighted by atomic mass is 9.92. The van der Waals surface area contributed by atoms with Gasteiger partial charge in [0, 0.05) is 12.1 Å². The molecule has 0 saturated carbocycles. The Labute approximate surface area is 121 Å². The van der Waals surface area contributed by atoms with E-state index >= 15 is 0 Å². The molecule has 0 spiro atoms. The van der Waals surface area contributed by atoms with E-state index in [1.165, 1.54) is 18.4 Å². The lowest BCUT2D eigenvalue weighted by Crippen LogP contribution is -2.51. The topological polar surface area (TPSA) is 41.6 Å². The van der Waals surface area contributed by atoms with E-state index in [1.54, 1.807) is 7.11 Å². The molecular formula is C16H24N2O2. The first-order valence-electron chi connectivity index (χ1n) is 7.27. The zero-order valence-electron chi connectivity index (χ0n) is 12.3. The Hall–Kier alpha value is -1.55. The van der Waals surface area contributed by atoms with E-state index in [0.717, 1.165) is 31.5 Å². The number of carbonyl (C=O) groups is 1. The minimum atomic E-state index is 0.157. The molecule has 4 heteroatoms. The maximum Gasteiger partial charge on any atom is 0.207 e. The maximum absolute atomic E-state index is 10.9. The van der Waals surface area contributed by atoms with Crippen LogP contribution in [-0.2, 0) is 11.2 Å². The molecule has 1 aromatic carbocycles. The van der Waals surface area contributed by atoms with Crippen LogP contribution in [0.1, 0.15) is 24.8 Å². The van der Waals surface area contributed by atoms with Gasteiger partial charge in [-0.2, -0.15) is 0 Å². The molecular weight excluding hydrogens is 252 g/mol. The van der Waals surface area contributed by atoms with E-state index in [-0.39, 0.29) is 6.04 Å². The van der Waals surface area contributed by atoms with Crippen molar-refractivity contribution in [1.29, 1.82) is 0 Å². The van der Waals surface area contributed by atoms with Crippen molar-refractivity contribution in [3.63, 3.8) is 0 Å². The second-order valence-electron chi connectivity index (χ2n) is 5.49. The van der Waals surface area contributed by atoms with Crippen LogP contribution in [0.15, 0.2) is 24.3 Å². The Morgan fingerprint density at radius 2 is 2.35 bits per heavy atom. The van der Waals surface area contributed by atoms with Gasteiger partial charge in [-0.05, 0) is 50.6 Å². The smallest absolute Gasteiger partial charge is 0.207 e. The molecule has 0 radical (unpaired) electrons. The van der Waals surface area contributed by atoms with Crippen molar-refractivity contribution in [2.24, 2.45) is 0 Å². The molecule has 110 valence electrons. The van der Waals surface area contributed by atoms with Crippen molar-refractivity contribution in [2.75, 3.05) is 20.7 Å². The molecule has 1 fully saturated rings. The molecule has 20 heavy (non-hydrogen) atoms. The van der Waals surface area contributed by atoms with Gasteiger partial charge >= 0.3 is 0 Å². The minimum absolute atomic E-state index is 0.157. The standard InChI is InChI=1S/C16H24N2O2/c1-18-9-4-3-8-16(18)15(17-12-19)11-13-6-5-7-14(10-13)20-2/h5-7,10,12,15-16H,3-4,8-9,11H2,1-2H3,(H,17,19). The van der Waals surface area contributed by atoms with Gasteiger partial charge in [-0.15, -0.1) is 0 Å². The SMILES string of the molecule is COc1cccc(CC(NC=O)C2CCCCN2C)c1. The Morgan fingerprint density at radius 3 is 3.05 bits per heavy atom. The van der Waals surface area contributed by atoms with Crippen LogP contribution in [0, 0.1) is 0 Å². The van der Waals surface area contributed by atoms with Gasteiger partial charge in [0.05, 0.1) is 7.11 Å². The summed E-state index contributed by atoms with van der Waals surface area (Å²) in [4.78, 5) is 13.3. The summed E-state index contributed by atoms with van der Waals surface area (Å²) >= 11 is 0. The van der Waals surface area contributed by atoms with Crippen LogP contribution >= 0.6 is 0 Å². The number of hydrogen-bond acceptors (Lipinski definition) is 3. The highest BCUT2D eigenvalue weighted by Crippen LogP contribution is 2.21. The zero-order valence-corrected chi connectivity index (χ0v) is 12.3. The van der Waals surface area contributed by atoms with Crippen LogP contribution in [0.25, 0.3) is 0 Å². The van der Waals surface area contributed by atoms with Crippen molar-refractivity contribution < 1.29 is 9.53 Å². The maximum atomic E-state index is 10.9. The average Bonchev–Trinajstić information content (AvgIpc) is 2.47. The van der Waals surface area contributed by atoms with Crippen LogP contribution in [-0.4, -0.2) is 44.1 Å². The number of hydrogen-bond donors (Lipinski definition) is 1. The Balaban J connectivity index is 2.09. The normalized spacial score (nSPS) is 21.2. The number of ether oxygens (including phenoxy) is 1. The average molecular weight is 276 g/mol. The first-order valence-corrected chi connectivity index (χ1v) is 7.27. The number of likely N-dealkylation sites (tertiary alicyclic amines) is 1. The summed E-state index contributed by atoms with van der Waals surface area (Å²) in [7, 11) is 3.82. The van der Waals surface area contributed by atoms with E-state index in [2.05, 4.69) is 23.3 Å². The highest BCUT2D eigenvalue weighted by molar-refractivity contribution is 5.47. The molecule has 1 amide bonds. The number of carbonyl (C=O) groups excluding carboxylic acids is 1. The van der Waals surface area contributed by atoms with Crippen LogP contribution in [0.3, 0.4) is 0 Å². The van der Waals surface area contributed by atoms with E-state index in [4.69, 9.17) is 4.74 Å². The van der Waals surface area contributed by atoms with Gasteiger partial charge in [0.15, 0.2) is 0 Å². The molecule has 0 bridgehead atoms. The molecule has 1 aliphatic heterocycles. The summed E-state index contributed by atoms with van der Waals surface area (Å²) in [5.41, 5.74) is 1.20. The molecule has 1 aliphatic rings. The summed E-state index contributed by atoms with van der Waals surface area (Å²) in [6.07, 6.45) is 5.30. The molecule has 1 heterocycles. The number of rotatable bonds is 6. The number of likely N-dealkylation sites (N-methyl/N-ethyl adjacent to an activating group) is 1. The molecule has 2 unspecified atom stereocenters. The van der Waals surface area contributed by atoms with Crippen molar-refractivity contribution >= 4 is 6.41 Å². The first kappa shape index (κ1) is 14.9. The second kappa shape index (κ2) is 7.29. The van der Waals surface area contributed by atoms with Crippen molar-refractivity contribution in [2.45, 2.75) is 37.8 Å². The molecule has 1 N–H and O–H groups in total. The van der Waals surface area contributed by atoms with Gasteiger partial charge in [-0.1, -0.05) is 18.6 Å². The number of benzene rings is 1. The Morgan fingerprint density at radius 1 is 1.50 bits per heavy atom. The van der Waals surface area contributed by atoms with Crippen molar-refractivity contribution in [3.05, 3.63) is 29.8 Å². The predicted molar refractivity (Wildman–Crippen MR) is 80.0 cm³/mol. The monoisotopic (exact) mass is 276 g/mol. The summed E-state index contributed by atoms with van der Waals surface area (Å²) in [5.74, 6) is 0.865. The quantitative estimate of drug-likeness (QED) is 0.806. The second-order valence-corrected chi connectivity index (χ2v) is 5.49. The molecule has 1 aromatic rings. The van der Waals surface area contributed by atoms with Gasteiger partial charge < -0.3 is 15.0 Å². The third-order valence-electron chi connectivity index (χ3n) is 4.16. The Bertz CT molecular complexity index is 436. The fourth-order valence-corrected chi connectivity index (χ4v) is 3.06. The Kier molecular flexibility index (Phi) is 5.41. The van der Waals surface area contributed by atoms with Crippen LogP contribution in [0.4, 0.5) is 0 Å². The summed E-state index contributed by atoms with van der Waals surface area (Å²) in [5, 5.41) is 3.01. The van der Waals surface area contributed by atoms with Gasteiger partial charge in [0.1, 0.15) is 5.75 Å². The fourth-order valence-electron chi connectivity index (χ4n) is 3.06. The number of methoxy groups -OCH3 is 1. The molecule has 1 saturated heterocycles. The highest BCUT2D eigenvalue weighted by atomic mass is 16.5. The fraction of sp³-hybridized carbons (Fsp3) is 0.562. The van der Waals surface area contributed by atoms with Crippen LogP contribution in [0.2, 0.25) is 0 Å². The molecule has 2 rings (SSSR count). The lowest BCUT2D eigenvalue weighted by molar-refractivity contribution is -0.110. The molecule has 0 aliphatic carbocycles. The summed E-state index contributed by atoms with van der Waals surface area (Å²) in [6.45, 7) is 1.11. The van der Waals surface area contributed by atoms with Crippen molar-refractivity contribution in [3.8, 4) is 5.75 Å². The van der Waals surface area contributed by atoms with E-state index in [9.17, 15) is 4.79 Å². The third-order valence-corrected chi connectivity index (χ3v) is 4.16. The van der Waals surface area contributed by atoms with E-state index < -0.39 is 0 Å². The molecule has 4 nitrogen and oxygen atoms in total. The largest absolute Gasteiger partial charge is 0.497 e. The first-order chi connectivity index (χ1) is 9.74. The summed E-state index contributed by atoms with van der Waals surface area (Å²) in [6, 6.07) is 8.65. The number of piperidine rings is 1. The lowest BCUT2D eigenvalue weighted by Gasteiger charge is -2.38. The third kappa shape index (κ3) is 3.73. The number of amides is 1. The van der Waals surface area contributed by atoms with E-state index in [0.29, 0.717) is 6.04 Å². The van der Waals surface area contributed by atoms with Gasteiger partial charge in [-0.25, -0.2) is 0 Å². The highest BCUT2D eigenvalue weighted by Gasteiger charge is 2.27. The van der Waals surface area contributed by atoms with Gasteiger partial charge in [0.2, 0.25) is 6.41 Å².